The lowest BCUT2D eigenvalue weighted by molar-refractivity contribution is 1.30. The number of para-hydroxylation sites is 2. The van der Waals surface area contributed by atoms with Gasteiger partial charge >= 0.3 is 0 Å². The van der Waals surface area contributed by atoms with Gasteiger partial charge in [0, 0.05) is 49.9 Å². The van der Waals surface area contributed by atoms with Gasteiger partial charge in [-0.1, -0.05) is 176 Å². The average molecular weight is 841 g/mol. The van der Waals surface area contributed by atoms with Crippen LogP contribution in [0, 0.1) is 0 Å². The second-order valence-electron chi connectivity index (χ2n) is 16.9. The van der Waals surface area contributed by atoms with E-state index >= 15 is 0 Å². The number of hydrogen-bond donors (Lipinski definition) is 0. The zero-order valence-electron chi connectivity index (χ0n) is 35.9. The smallest absolute Gasteiger partial charge is 0.0979 e. The van der Waals surface area contributed by atoms with Crippen molar-refractivity contribution in [2.75, 3.05) is 9.80 Å². The Morgan fingerprint density at radius 3 is 1.18 bits per heavy atom. The van der Waals surface area contributed by atoms with Crippen LogP contribution in [-0.4, -0.2) is 9.97 Å². The number of aromatic nitrogens is 2. The molecular formula is C62H40N4. The molecule has 0 aliphatic carbocycles. The molecule has 0 unspecified atom stereocenters. The van der Waals surface area contributed by atoms with Gasteiger partial charge in [0.25, 0.3) is 0 Å². The van der Waals surface area contributed by atoms with Crippen molar-refractivity contribution in [2.45, 2.75) is 0 Å². The lowest BCUT2D eigenvalue weighted by Gasteiger charge is -2.29. The van der Waals surface area contributed by atoms with Crippen molar-refractivity contribution in [1.29, 1.82) is 0 Å². The van der Waals surface area contributed by atoms with Gasteiger partial charge in [0.1, 0.15) is 0 Å². The SMILES string of the molecule is c1ccc(-c2cnc3c4ccc(N(c5ccccc5)c5cc6ccccc6c6ccccc56)cc4c4cc(N(c5ccccc5)c5cc6ccccc6c6ccccc56)ccc4c3n2)cc1. The standard InChI is InChI=1S/C62H40N4/c1-4-18-41(19-5-1)58-40-63-61-54-34-32-46(65(44-22-6-2-7-23-44)59-36-42-20-10-12-26-48(42)50-28-14-16-30-52(50)59)38-56(54)57-39-47(33-35-55(57)62(61)64-58)66(45-24-8-3-9-25-45)60-37-43-21-11-13-27-49(43)51-29-15-17-31-53(51)60/h1-40H. The van der Waals surface area contributed by atoms with E-state index in [0.29, 0.717) is 0 Å². The first-order valence-electron chi connectivity index (χ1n) is 22.5. The van der Waals surface area contributed by atoms with Gasteiger partial charge in [-0.25, -0.2) is 4.98 Å². The minimum absolute atomic E-state index is 0.844. The molecule has 0 N–H and O–H groups in total. The van der Waals surface area contributed by atoms with Crippen molar-refractivity contribution in [2.24, 2.45) is 0 Å². The Morgan fingerprint density at radius 2 is 0.682 bits per heavy atom. The van der Waals surface area contributed by atoms with Crippen LogP contribution in [-0.2, 0) is 0 Å². The Hall–Kier alpha value is -8.86. The summed E-state index contributed by atoms with van der Waals surface area (Å²) in [5, 5.41) is 14.0. The number of hydrogen-bond acceptors (Lipinski definition) is 4. The molecule has 1 aromatic heterocycles. The summed E-state index contributed by atoms with van der Waals surface area (Å²) in [4.78, 5) is 15.5. The zero-order valence-corrected chi connectivity index (χ0v) is 35.9. The molecule has 1 heterocycles. The van der Waals surface area contributed by atoms with Crippen molar-refractivity contribution >= 4 is 110 Å². The molecular weight excluding hydrogens is 801 g/mol. The van der Waals surface area contributed by atoms with Gasteiger partial charge in [-0.3, -0.25) is 4.98 Å². The Morgan fingerprint density at radius 1 is 0.273 bits per heavy atom. The summed E-state index contributed by atoms with van der Waals surface area (Å²) in [5.74, 6) is 0. The third-order valence-corrected chi connectivity index (χ3v) is 13.2. The molecule has 66 heavy (non-hydrogen) atoms. The zero-order chi connectivity index (χ0) is 43.6. The van der Waals surface area contributed by atoms with Crippen molar-refractivity contribution in [1.82, 2.24) is 9.97 Å². The monoisotopic (exact) mass is 840 g/mol. The van der Waals surface area contributed by atoms with Gasteiger partial charge < -0.3 is 9.80 Å². The summed E-state index contributed by atoms with van der Waals surface area (Å²) in [6.07, 6.45) is 1.92. The van der Waals surface area contributed by atoms with Crippen molar-refractivity contribution in [3.8, 4) is 11.3 Å². The normalized spacial score (nSPS) is 11.6. The fraction of sp³-hybridized carbons (Fsp3) is 0. The van der Waals surface area contributed by atoms with Gasteiger partial charge in [-0.05, 0) is 104 Å². The highest BCUT2D eigenvalue weighted by atomic mass is 15.1. The van der Waals surface area contributed by atoms with Crippen LogP contribution in [0.15, 0.2) is 243 Å². The molecule has 0 aliphatic rings. The van der Waals surface area contributed by atoms with E-state index in [1.807, 2.05) is 12.3 Å². The predicted molar refractivity (Wildman–Crippen MR) is 279 cm³/mol. The minimum Gasteiger partial charge on any atom is -0.310 e. The Kier molecular flexibility index (Phi) is 8.81. The number of nitrogens with zero attached hydrogens (tertiary/aromatic N) is 4. The van der Waals surface area contributed by atoms with Crippen molar-refractivity contribution in [3.63, 3.8) is 0 Å². The van der Waals surface area contributed by atoms with E-state index in [4.69, 9.17) is 9.97 Å². The first-order valence-corrected chi connectivity index (χ1v) is 22.5. The number of benzene rings is 12. The maximum absolute atomic E-state index is 5.42. The predicted octanol–water partition coefficient (Wildman–Crippen LogP) is 17.2. The summed E-state index contributed by atoms with van der Waals surface area (Å²) in [6.45, 7) is 0. The van der Waals surface area contributed by atoms with Crippen LogP contribution in [0.5, 0.6) is 0 Å². The summed E-state index contributed by atoms with van der Waals surface area (Å²) in [7, 11) is 0. The molecule has 4 nitrogen and oxygen atoms in total. The van der Waals surface area contributed by atoms with E-state index in [0.717, 1.165) is 78.0 Å². The fourth-order valence-electron chi connectivity index (χ4n) is 10.2. The lowest BCUT2D eigenvalue weighted by Crippen LogP contribution is -2.11. The van der Waals surface area contributed by atoms with E-state index in [1.165, 1.54) is 43.1 Å². The molecule has 13 aromatic rings. The number of fused-ring (bicyclic) bond motifs is 12. The van der Waals surface area contributed by atoms with Gasteiger partial charge in [-0.15, -0.1) is 0 Å². The maximum Gasteiger partial charge on any atom is 0.0979 e. The summed E-state index contributed by atoms with van der Waals surface area (Å²) in [6, 6.07) is 85.2. The summed E-state index contributed by atoms with van der Waals surface area (Å²) < 4.78 is 0. The number of rotatable bonds is 7. The molecule has 0 saturated carbocycles. The Bertz CT molecular complexity index is 4000. The molecule has 0 aliphatic heterocycles. The minimum atomic E-state index is 0.844. The van der Waals surface area contributed by atoms with Crippen LogP contribution in [0.2, 0.25) is 0 Å². The molecule has 12 aromatic carbocycles. The second-order valence-corrected chi connectivity index (χ2v) is 16.9. The van der Waals surface area contributed by atoms with Gasteiger partial charge in [0.15, 0.2) is 0 Å². The second kappa shape index (κ2) is 15.4. The van der Waals surface area contributed by atoms with E-state index in [9.17, 15) is 0 Å². The van der Waals surface area contributed by atoms with Gasteiger partial charge in [0.2, 0.25) is 0 Å². The molecule has 0 spiro atoms. The number of anilines is 6. The van der Waals surface area contributed by atoms with Crippen LogP contribution in [0.25, 0.3) is 86.9 Å². The van der Waals surface area contributed by atoms with Crippen LogP contribution in [0.3, 0.4) is 0 Å². The topological polar surface area (TPSA) is 32.3 Å². The molecule has 0 amide bonds. The van der Waals surface area contributed by atoms with E-state index in [-0.39, 0.29) is 0 Å². The highest BCUT2D eigenvalue weighted by Crippen LogP contribution is 2.47. The molecule has 0 atom stereocenters. The average Bonchev–Trinajstić information content (AvgIpc) is 3.39. The highest BCUT2D eigenvalue weighted by molar-refractivity contribution is 6.25. The highest BCUT2D eigenvalue weighted by Gasteiger charge is 2.22. The van der Waals surface area contributed by atoms with Gasteiger partial charge in [0.05, 0.1) is 34.3 Å². The Balaban J connectivity index is 1.12. The summed E-state index contributed by atoms with van der Waals surface area (Å²) in [5.41, 5.74) is 10.1. The quantitative estimate of drug-likeness (QED) is 0.150. The van der Waals surface area contributed by atoms with Crippen LogP contribution < -0.4 is 9.80 Å². The van der Waals surface area contributed by atoms with Gasteiger partial charge in [-0.2, -0.15) is 0 Å². The molecule has 4 heteroatoms. The van der Waals surface area contributed by atoms with Crippen LogP contribution >= 0.6 is 0 Å². The summed E-state index contributed by atoms with van der Waals surface area (Å²) >= 11 is 0. The molecule has 13 rings (SSSR count). The molecule has 0 radical (unpaired) electrons. The lowest BCUT2D eigenvalue weighted by atomic mass is 9.96. The largest absolute Gasteiger partial charge is 0.310 e. The molecule has 0 fully saturated rings. The van der Waals surface area contributed by atoms with Crippen molar-refractivity contribution in [3.05, 3.63) is 243 Å². The van der Waals surface area contributed by atoms with E-state index < -0.39 is 0 Å². The van der Waals surface area contributed by atoms with Crippen LogP contribution in [0.4, 0.5) is 34.1 Å². The Labute approximate surface area is 381 Å². The first-order chi connectivity index (χ1) is 32.7. The molecule has 0 saturated heterocycles. The fourth-order valence-corrected chi connectivity index (χ4v) is 10.2. The van der Waals surface area contributed by atoms with E-state index in [2.05, 4.69) is 240 Å². The third-order valence-electron chi connectivity index (χ3n) is 13.2. The van der Waals surface area contributed by atoms with Crippen LogP contribution in [0.1, 0.15) is 0 Å². The van der Waals surface area contributed by atoms with Crippen molar-refractivity contribution < 1.29 is 0 Å². The van der Waals surface area contributed by atoms with E-state index in [1.54, 1.807) is 0 Å². The first kappa shape index (κ1) is 37.7. The molecule has 308 valence electrons. The maximum atomic E-state index is 5.42. The third kappa shape index (κ3) is 6.15. The molecule has 0 bridgehead atoms.